The van der Waals surface area contributed by atoms with Crippen LogP contribution in [0.15, 0.2) is 28.7 Å². The SMILES string of the molecule is ClCC1(CNc2nc3ccccc3o2)CCCC1. The van der Waals surface area contributed by atoms with Crippen LogP contribution >= 0.6 is 11.6 Å². The number of benzene rings is 1. The molecule has 0 unspecified atom stereocenters. The van der Waals surface area contributed by atoms with Crippen LogP contribution in [0, 0.1) is 5.41 Å². The molecule has 3 rings (SSSR count). The van der Waals surface area contributed by atoms with Crippen LogP contribution in [0.1, 0.15) is 25.7 Å². The molecule has 18 heavy (non-hydrogen) atoms. The summed E-state index contributed by atoms with van der Waals surface area (Å²) in [5.74, 6) is 0.709. The quantitative estimate of drug-likeness (QED) is 0.847. The molecule has 0 radical (unpaired) electrons. The van der Waals surface area contributed by atoms with Crippen LogP contribution in [0.4, 0.5) is 6.01 Å². The van der Waals surface area contributed by atoms with Crippen molar-refractivity contribution in [3.05, 3.63) is 24.3 Å². The summed E-state index contributed by atoms with van der Waals surface area (Å²) in [5.41, 5.74) is 1.94. The second kappa shape index (κ2) is 4.81. The summed E-state index contributed by atoms with van der Waals surface area (Å²) < 4.78 is 5.65. The predicted octanol–water partition coefficient (Wildman–Crippen LogP) is 4.04. The molecule has 1 aromatic carbocycles. The number of halogens is 1. The molecule has 1 heterocycles. The number of para-hydroxylation sites is 2. The maximum Gasteiger partial charge on any atom is 0.295 e. The van der Waals surface area contributed by atoms with Gasteiger partial charge in [-0.25, -0.2) is 0 Å². The normalized spacial score (nSPS) is 18.3. The molecule has 1 N–H and O–H groups in total. The fourth-order valence-corrected chi connectivity index (χ4v) is 3.06. The van der Waals surface area contributed by atoms with E-state index < -0.39 is 0 Å². The summed E-state index contributed by atoms with van der Waals surface area (Å²) in [4.78, 5) is 4.42. The van der Waals surface area contributed by atoms with E-state index in [4.69, 9.17) is 16.0 Å². The standard InChI is InChI=1S/C14H17ClN2O/c15-9-14(7-3-4-8-14)10-16-13-17-11-5-1-2-6-12(11)18-13/h1-2,5-6H,3-4,7-10H2,(H,16,17). The van der Waals surface area contributed by atoms with Gasteiger partial charge in [-0.15, -0.1) is 11.6 Å². The highest BCUT2D eigenvalue weighted by Crippen LogP contribution is 2.39. The van der Waals surface area contributed by atoms with Gasteiger partial charge in [0.05, 0.1) is 0 Å². The van der Waals surface area contributed by atoms with E-state index >= 15 is 0 Å². The molecule has 1 aliphatic rings. The molecular formula is C14H17ClN2O. The third-order valence-electron chi connectivity index (χ3n) is 3.86. The Hall–Kier alpha value is -1.22. The van der Waals surface area contributed by atoms with E-state index in [1.54, 1.807) is 0 Å². The number of nitrogens with one attached hydrogen (secondary N) is 1. The van der Waals surface area contributed by atoms with Crippen molar-refractivity contribution >= 4 is 28.7 Å². The summed E-state index contributed by atoms with van der Waals surface area (Å²) in [5, 5.41) is 3.31. The first-order chi connectivity index (χ1) is 8.81. The Morgan fingerprint density at radius 1 is 1.28 bits per heavy atom. The van der Waals surface area contributed by atoms with Gasteiger partial charge in [-0.3, -0.25) is 0 Å². The number of anilines is 1. The highest BCUT2D eigenvalue weighted by atomic mass is 35.5. The minimum atomic E-state index is 0.224. The van der Waals surface area contributed by atoms with Gasteiger partial charge < -0.3 is 9.73 Å². The van der Waals surface area contributed by atoms with Crippen molar-refractivity contribution in [3.8, 4) is 0 Å². The minimum absolute atomic E-state index is 0.224. The van der Waals surface area contributed by atoms with Crippen molar-refractivity contribution in [2.45, 2.75) is 25.7 Å². The predicted molar refractivity (Wildman–Crippen MR) is 74.1 cm³/mol. The summed E-state index contributed by atoms with van der Waals surface area (Å²) in [6, 6.07) is 8.41. The Balaban J connectivity index is 1.72. The number of aromatic nitrogens is 1. The average molecular weight is 265 g/mol. The van der Waals surface area contributed by atoms with Crippen LogP contribution < -0.4 is 5.32 Å². The van der Waals surface area contributed by atoms with Gasteiger partial charge in [0.25, 0.3) is 6.01 Å². The number of alkyl halides is 1. The van der Waals surface area contributed by atoms with E-state index in [0.29, 0.717) is 11.9 Å². The Labute approximate surface area is 112 Å². The fourth-order valence-electron chi connectivity index (χ4n) is 2.69. The summed E-state index contributed by atoms with van der Waals surface area (Å²) >= 11 is 6.12. The van der Waals surface area contributed by atoms with Crippen molar-refractivity contribution in [1.29, 1.82) is 0 Å². The van der Waals surface area contributed by atoms with E-state index in [2.05, 4.69) is 10.3 Å². The van der Waals surface area contributed by atoms with Crippen LogP contribution in [0.5, 0.6) is 0 Å². The molecule has 4 heteroatoms. The van der Waals surface area contributed by atoms with Crippen LogP contribution in [0.2, 0.25) is 0 Å². The van der Waals surface area contributed by atoms with Crippen molar-refractivity contribution in [1.82, 2.24) is 4.98 Å². The van der Waals surface area contributed by atoms with Crippen molar-refractivity contribution in [2.75, 3.05) is 17.7 Å². The van der Waals surface area contributed by atoms with Gasteiger partial charge in [0.15, 0.2) is 5.58 Å². The Kier molecular flexibility index (Phi) is 3.16. The lowest BCUT2D eigenvalue weighted by molar-refractivity contribution is 0.364. The number of nitrogens with zero attached hydrogens (tertiary/aromatic N) is 1. The minimum Gasteiger partial charge on any atom is -0.424 e. The largest absolute Gasteiger partial charge is 0.424 e. The molecule has 1 aromatic heterocycles. The van der Waals surface area contributed by atoms with Crippen LogP contribution in [0.25, 0.3) is 11.1 Å². The number of rotatable bonds is 4. The number of hydrogen-bond acceptors (Lipinski definition) is 3. The highest BCUT2D eigenvalue weighted by molar-refractivity contribution is 6.18. The lowest BCUT2D eigenvalue weighted by atomic mass is 9.89. The smallest absolute Gasteiger partial charge is 0.295 e. The first-order valence-electron chi connectivity index (χ1n) is 6.47. The van der Waals surface area contributed by atoms with Gasteiger partial charge in [-0.05, 0) is 25.0 Å². The summed E-state index contributed by atoms with van der Waals surface area (Å²) in [6.45, 7) is 0.851. The van der Waals surface area contributed by atoms with E-state index in [1.165, 1.54) is 25.7 Å². The van der Waals surface area contributed by atoms with Crippen molar-refractivity contribution < 1.29 is 4.42 Å². The van der Waals surface area contributed by atoms with Crippen LogP contribution in [-0.2, 0) is 0 Å². The number of hydrogen-bond donors (Lipinski definition) is 1. The van der Waals surface area contributed by atoms with E-state index in [0.717, 1.165) is 17.6 Å². The topological polar surface area (TPSA) is 38.1 Å². The zero-order chi connectivity index (χ0) is 12.4. The number of fused-ring (bicyclic) bond motifs is 1. The molecule has 96 valence electrons. The third-order valence-corrected chi connectivity index (χ3v) is 4.42. The molecule has 3 nitrogen and oxygen atoms in total. The molecule has 0 spiro atoms. The molecule has 0 amide bonds. The second-order valence-corrected chi connectivity index (χ2v) is 5.45. The zero-order valence-corrected chi connectivity index (χ0v) is 11.0. The first-order valence-corrected chi connectivity index (χ1v) is 7.00. The summed E-state index contributed by atoms with van der Waals surface area (Å²) in [6.07, 6.45) is 4.96. The number of oxazole rings is 1. The van der Waals surface area contributed by atoms with Crippen LogP contribution in [-0.4, -0.2) is 17.4 Å². The molecule has 2 aromatic rings. The molecular weight excluding hydrogens is 248 g/mol. The fraction of sp³-hybridized carbons (Fsp3) is 0.500. The van der Waals surface area contributed by atoms with Gasteiger partial charge in [0, 0.05) is 17.8 Å². The zero-order valence-electron chi connectivity index (χ0n) is 10.3. The first kappa shape index (κ1) is 11.8. The Morgan fingerprint density at radius 3 is 2.78 bits per heavy atom. The second-order valence-electron chi connectivity index (χ2n) is 5.18. The summed E-state index contributed by atoms with van der Waals surface area (Å²) in [7, 11) is 0. The molecule has 0 atom stereocenters. The maximum atomic E-state index is 6.12. The lowest BCUT2D eigenvalue weighted by Crippen LogP contribution is -2.28. The lowest BCUT2D eigenvalue weighted by Gasteiger charge is -2.25. The molecule has 1 fully saturated rings. The monoisotopic (exact) mass is 264 g/mol. The molecule has 0 aliphatic heterocycles. The van der Waals surface area contributed by atoms with E-state index in [-0.39, 0.29) is 5.41 Å². The highest BCUT2D eigenvalue weighted by Gasteiger charge is 2.33. The average Bonchev–Trinajstić information content (AvgIpc) is 3.03. The van der Waals surface area contributed by atoms with Gasteiger partial charge in [0.1, 0.15) is 5.52 Å². The van der Waals surface area contributed by atoms with E-state index in [1.807, 2.05) is 24.3 Å². The maximum absolute atomic E-state index is 6.12. The van der Waals surface area contributed by atoms with Crippen molar-refractivity contribution in [2.24, 2.45) is 5.41 Å². The van der Waals surface area contributed by atoms with Crippen LogP contribution in [0.3, 0.4) is 0 Å². The van der Waals surface area contributed by atoms with E-state index in [9.17, 15) is 0 Å². The van der Waals surface area contributed by atoms with Gasteiger partial charge in [0.2, 0.25) is 0 Å². The van der Waals surface area contributed by atoms with Gasteiger partial charge in [-0.2, -0.15) is 4.98 Å². The van der Waals surface area contributed by atoms with Gasteiger partial charge >= 0.3 is 0 Å². The molecule has 0 bridgehead atoms. The molecule has 0 saturated heterocycles. The van der Waals surface area contributed by atoms with Crippen molar-refractivity contribution in [3.63, 3.8) is 0 Å². The Bertz CT molecular complexity index is 498. The Morgan fingerprint density at radius 2 is 2.06 bits per heavy atom. The van der Waals surface area contributed by atoms with Gasteiger partial charge in [-0.1, -0.05) is 25.0 Å². The molecule has 1 aliphatic carbocycles. The third kappa shape index (κ3) is 2.19. The molecule has 1 saturated carbocycles.